The third-order valence-corrected chi connectivity index (χ3v) is 3.50. The molecule has 1 aromatic rings. The maximum atomic E-state index is 13.3. The van der Waals surface area contributed by atoms with Crippen molar-refractivity contribution in [2.45, 2.75) is 6.92 Å². The Morgan fingerprint density at radius 1 is 1.40 bits per heavy atom. The van der Waals surface area contributed by atoms with E-state index in [9.17, 15) is 14.0 Å². The number of esters is 1. The van der Waals surface area contributed by atoms with E-state index in [1.165, 1.54) is 13.2 Å². The standard InChI is InChI=1S/C14H17FN2O3/c1-8-6-16-7-11(8)13(18)17-12-5-9(15)3-4-10(12)14(19)20-2/h3-5,8,11,16H,6-7H2,1-2H3,(H,17,18)/t8-,11-/m1/s1. The van der Waals surface area contributed by atoms with Gasteiger partial charge >= 0.3 is 5.97 Å². The van der Waals surface area contributed by atoms with Crippen molar-refractivity contribution in [3.05, 3.63) is 29.6 Å². The molecule has 108 valence electrons. The number of carbonyl (C=O) groups is 2. The number of halogens is 1. The van der Waals surface area contributed by atoms with Crippen LogP contribution in [0.25, 0.3) is 0 Å². The summed E-state index contributed by atoms with van der Waals surface area (Å²) in [5.74, 6) is -1.35. The van der Waals surface area contributed by atoms with Crippen LogP contribution in [-0.2, 0) is 9.53 Å². The van der Waals surface area contributed by atoms with Crippen molar-refractivity contribution < 1.29 is 18.7 Å². The topological polar surface area (TPSA) is 67.4 Å². The Kier molecular flexibility index (Phi) is 4.34. The fourth-order valence-electron chi connectivity index (χ4n) is 2.29. The Morgan fingerprint density at radius 3 is 2.75 bits per heavy atom. The largest absolute Gasteiger partial charge is 0.465 e. The number of hydrogen-bond donors (Lipinski definition) is 2. The van der Waals surface area contributed by atoms with Gasteiger partial charge in [-0.15, -0.1) is 0 Å². The van der Waals surface area contributed by atoms with Crippen LogP contribution in [0.3, 0.4) is 0 Å². The Morgan fingerprint density at radius 2 is 2.15 bits per heavy atom. The molecule has 0 aromatic heterocycles. The highest BCUT2D eigenvalue weighted by atomic mass is 19.1. The molecule has 2 atom stereocenters. The number of rotatable bonds is 3. The van der Waals surface area contributed by atoms with Gasteiger partial charge in [-0.2, -0.15) is 0 Å². The zero-order valence-corrected chi connectivity index (χ0v) is 11.4. The van der Waals surface area contributed by atoms with E-state index >= 15 is 0 Å². The Bertz CT molecular complexity index is 533. The van der Waals surface area contributed by atoms with Crippen LogP contribution < -0.4 is 10.6 Å². The van der Waals surface area contributed by atoms with E-state index in [1.807, 2.05) is 6.92 Å². The lowest BCUT2D eigenvalue weighted by atomic mass is 9.97. The van der Waals surface area contributed by atoms with Crippen LogP contribution in [0.5, 0.6) is 0 Å². The van der Waals surface area contributed by atoms with Crippen molar-refractivity contribution in [3.8, 4) is 0 Å². The van der Waals surface area contributed by atoms with Crippen LogP contribution >= 0.6 is 0 Å². The van der Waals surface area contributed by atoms with E-state index in [1.54, 1.807) is 0 Å². The molecule has 0 bridgehead atoms. The molecular formula is C14H17FN2O3. The van der Waals surface area contributed by atoms with Crippen molar-refractivity contribution in [2.24, 2.45) is 11.8 Å². The van der Waals surface area contributed by atoms with Crippen LogP contribution in [-0.4, -0.2) is 32.1 Å². The third-order valence-electron chi connectivity index (χ3n) is 3.50. The summed E-state index contributed by atoms with van der Waals surface area (Å²) in [6.45, 7) is 3.32. The highest BCUT2D eigenvalue weighted by Crippen LogP contribution is 2.22. The third kappa shape index (κ3) is 2.96. The van der Waals surface area contributed by atoms with E-state index in [-0.39, 0.29) is 29.0 Å². The summed E-state index contributed by atoms with van der Waals surface area (Å²) in [5.41, 5.74) is 0.279. The molecule has 0 radical (unpaired) electrons. The van der Waals surface area contributed by atoms with Crippen LogP contribution in [0, 0.1) is 17.7 Å². The molecule has 5 nitrogen and oxygen atoms in total. The quantitative estimate of drug-likeness (QED) is 0.821. The van der Waals surface area contributed by atoms with Gasteiger partial charge in [0, 0.05) is 6.54 Å². The summed E-state index contributed by atoms with van der Waals surface area (Å²) in [5, 5.41) is 5.74. The molecule has 0 saturated carbocycles. The summed E-state index contributed by atoms with van der Waals surface area (Å²) < 4.78 is 17.9. The maximum Gasteiger partial charge on any atom is 0.339 e. The number of carbonyl (C=O) groups excluding carboxylic acids is 2. The second-order valence-electron chi connectivity index (χ2n) is 4.91. The second-order valence-corrected chi connectivity index (χ2v) is 4.91. The van der Waals surface area contributed by atoms with E-state index < -0.39 is 11.8 Å². The predicted octanol–water partition coefficient (Wildman–Crippen LogP) is 1.41. The summed E-state index contributed by atoms with van der Waals surface area (Å²) in [6, 6.07) is 3.58. The molecule has 1 fully saturated rings. The molecule has 0 aliphatic carbocycles. The number of anilines is 1. The fraction of sp³-hybridized carbons (Fsp3) is 0.429. The first-order valence-corrected chi connectivity index (χ1v) is 6.42. The molecule has 6 heteroatoms. The van der Waals surface area contributed by atoms with Gasteiger partial charge < -0.3 is 15.4 Å². The molecule has 0 spiro atoms. The lowest BCUT2D eigenvalue weighted by Gasteiger charge is -2.16. The van der Waals surface area contributed by atoms with Crippen LogP contribution in [0.1, 0.15) is 17.3 Å². The van der Waals surface area contributed by atoms with Gasteiger partial charge in [0.15, 0.2) is 0 Å². The van der Waals surface area contributed by atoms with E-state index in [0.29, 0.717) is 6.54 Å². The average Bonchev–Trinajstić information content (AvgIpc) is 2.84. The molecular weight excluding hydrogens is 263 g/mol. The Hall–Kier alpha value is -1.95. The summed E-state index contributed by atoms with van der Waals surface area (Å²) >= 11 is 0. The lowest BCUT2D eigenvalue weighted by molar-refractivity contribution is -0.120. The number of amides is 1. The van der Waals surface area contributed by atoms with Crippen molar-refractivity contribution in [1.82, 2.24) is 5.32 Å². The molecule has 2 N–H and O–H groups in total. The van der Waals surface area contributed by atoms with E-state index in [4.69, 9.17) is 0 Å². The van der Waals surface area contributed by atoms with Crippen LogP contribution in [0.15, 0.2) is 18.2 Å². The summed E-state index contributed by atoms with van der Waals surface area (Å²) in [7, 11) is 1.24. The minimum absolute atomic E-state index is 0.140. The van der Waals surface area contributed by atoms with Crippen molar-refractivity contribution in [3.63, 3.8) is 0 Å². The lowest BCUT2D eigenvalue weighted by Crippen LogP contribution is -2.28. The first-order valence-electron chi connectivity index (χ1n) is 6.42. The molecule has 1 aliphatic rings. The van der Waals surface area contributed by atoms with Gasteiger partial charge in [-0.1, -0.05) is 6.92 Å². The monoisotopic (exact) mass is 280 g/mol. The maximum absolute atomic E-state index is 13.3. The van der Waals surface area contributed by atoms with Gasteiger partial charge in [-0.05, 0) is 30.7 Å². The smallest absolute Gasteiger partial charge is 0.339 e. The number of ether oxygens (including phenoxy) is 1. The van der Waals surface area contributed by atoms with Gasteiger partial charge in [0.1, 0.15) is 5.82 Å². The highest BCUT2D eigenvalue weighted by molar-refractivity contribution is 6.02. The Labute approximate surface area is 116 Å². The van der Waals surface area contributed by atoms with Gasteiger partial charge in [0.2, 0.25) is 5.91 Å². The molecule has 1 amide bonds. The van der Waals surface area contributed by atoms with E-state index in [2.05, 4.69) is 15.4 Å². The van der Waals surface area contributed by atoms with Crippen LogP contribution in [0.2, 0.25) is 0 Å². The molecule has 1 saturated heterocycles. The Balaban J connectivity index is 2.21. The van der Waals surface area contributed by atoms with Gasteiger partial charge in [-0.3, -0.25) is 4.79 Å². The van der Waals surface area contributed by atoms with Crippen molar-refractivity contribution >= 4 is 17.6 Å². The fourth-order valence-corrected chi connectivity index (χ4v) is 2.29. The van der Waals surface area contributed by atoms with Crippen molar-refractivity contribution in [2.75, 3.05) is 25.5 Å². The highest BCUT2D eigenvalue weighted by Gasteiger charge is 2.30. The first-order chi connectivity index (χ1) is 9.52. The summed E-state index contributed by atoms with van der Waals surface area (Å²) in [6.07, 6.45) is 0. The minimum Gasteiger partial charge on any atom is -0.465 e. The molecule has 2 rings (SSSR count). The molecule has 20 heavy (non-hydrogen) atoms. The van der Waals surface area contributed by atoms with Crippen molar-refractivity contribution in [1.29, 1.82) is 0 Å². The zero-order chi connectivity index (χ0) is 14.7. The number of hydrogen-bond acceptors (Lipinski definition) is 4. The molecule has 0 unspecified atom stereocenters. The van der Waals surface area contributed by atoms with E-state index in [0.717, 1.165) is 18.7 Å². The number of methoxy groups -OCH3 is 1. The minimum atomic E-state index is -0.613. The number of benzene rings is 1. The van der Waals surface area contributed by atoms with Gasteiger partial charge in [-0.25, -0.2) is 9.18 Å². The predicted molar refractivity (Wildman–Crippen MR) is 71.9 cm³/mol. The van der Waals surface area contributed by atoms with Gasteiger partial charge in [0.25, 0.3) is 0 Å². The van der Waals surface area contributed by atoms with Gasteiger partial charge in [0.05, 0.1) is 24.3 Å². The molecule has 1 aromatic carbocycles. The zero-order valence-electron chi connectivity index (χ0n) is 11.4. The first kappa shape index (κ1) is 14.5. The SMILES string of the molecule is COC(=O)c1ccc(F)cc1NC(=O)[C@@H]1CNC[C@H]1C. The summed E-state index contributed by atoms with van der Waals surface area (Å²) in [4.78, 5) is 23.8. The van der Waals surface area contributed by atoms with Crippen LogP contribution in [0.4, 0.5) is 10.1 Å². The number of nitrogens with one attached hydrogen (secondary N) is 2. The molecule has 1 aliphatic heterocycles. The molecule has 1 heterocycles. The average molecular weight is 280 g/mol. The normalized spacial score (nSPS) is 21.6. The second kappa shape index (κ2) is 6.00.